The number of benzene rings is 1. The number of carboxylic acids is 1. The largest absolute Gasteiger partial charge is 0.493 e. The molecule has 0 radical (unpaired) electrons. The van der Waals surface area contributed by atoms with Gasteiger partial charge in [-0.1, -0.05) is 16.8 Å². The molecule has 0 unspecified atom stereocenters. The van der Waals surface area contributed by atoms with Gasteiger partial charge in [-0.15, -0.1) is 0 Å². The van der Waals surface area contributed by atoms with Crippen LogP contribution in [-0.4, -0.2) is 23.3 Å². The Kier molecular flexibility index (Phi) is 3.20. The molecule has 0 aliphatic rings. The Morgan fingerprint density at radius 1 is 1.56 bits per heavy atom. The third kappa shape index (κ3) is 2.02. The van der Waals surface area contributed by atoms with E-state index in [2.05, 4.69) is 9.68 Å². The average molecular weight is 272 g/mol. The molecule has 94 valence electrons. The zero-order chi connectivity index (χ0) is 13.3. The number of hydrogen-bond acceptors (Lipinski definition) is 4. The van der Waals surface area contributed by atoms with Crippen molar-refractivity contribution in [3.8, 4) is 17.0 Å². The van der Waals surface area contributed by atoms with Crippen LogP contribution >= 0.6 is 11.6 Å². The van der Waals surface area contributed by atoms with Gasteiger partial charge in [-0.3, -0.25) is 0 Å². The lowest BCUT2D eigenvalue weighted by atomic mass is 10.1. The van der Waals surface area contributed by atoms with Crippen LogP contribution in [0.25, 0.3) is 11.3 Å². The van der Waals surface area contributed by atoms with Crippen molar-refractivity contribution in [3.05, 3.63) is 34.8 Å². The van der Waals surface area contributed by atoms with Crippen molar-refractivity contribution in [1.29, 1.82) is 0 Å². The van der Waals surface area contributed by atoms with E-state index in [1.807, 2.05) is 0 Å². The van der Waals surface area contributed by atoms with Crippen LogP contribution in [0.2, 0.25) is 5.02 Å². The number of rotatable bonds is 3. The Morgan fingerprint density at radius 3 is 2.83 bits per heavy atom. The van der Waals surface area contributed by atoms with E-state index in [1.54, 1.807) is 0 Å². The van der Waals surface area contributed by atoms with Gasteiger partial charge in [-0.25, -0.2) is 9.18 Å². The maximum absolute atomic E-state index is 13.7. The van der Waals surface area contributed by atoms with Crippen LogP contribution in [0.1, 0.15) is 10.6 Å². The van der Waals surface area contributed by atoms with Crippen molar-refractivity contribution >= 4 is 17.6 Å². The standard InChI is InChI=1S/C11H7ClFNO4/c1-17-10-5(2-3-6(12)9(10)13)7-4-8(11(15)16)18-14-7/h2-4H,1H3,(H,15,16). The zero-order valence-electron chi connectivity index (χ0n) is 9.11. The van der Waals surface area contributed by atoms with Crippen molar-refractivity contribution < 1.29 is 23.6 Å². The molecule has 0 bridgehead atoms. The van der Waals surface area contributed by atoms with Crippen LogP contribution in [-0.2, 0) is 0 Å². The summed E-state index contributed by atoms with van der Waals surface area (Å²) < 4.78 is 23.2. The average Bonchev–Trinajstić information content (AvgIpc) is 2.82. The SMILES string of the molecule is COc1c(-c2cc(C(=O)O)on2)ccc(Cl)c1F. The van der Waals surface area contributed by atoms with Gasteiger partial charge in [-0.05, 0) is 12.1 Å². The molecule has 1 heterocycles. The minimum atomic E-state index is -1.26. The molecule has 1 aromatic heterocycles. The predicted molar refractivity (Wildman–Crippen MR) is 60.4 cm³/mol. The van der Waals surface area contributed by atoms with Gasteiger partial charge in [0, 0.05) is 11.6 Å². The molecule has 2 aromatic rings. The summed E-state index contributed by atoms with van der Waals surface area (Å²) in [4.78, 5) is 10.7. The molecule has 0 fully saturated rings. The molecule has 0 aliphatic heterocycles. The molecule has 7 heteroatoms. The molecule has 5 nitrogen and oxygen atoms in total. The highest BCUT2D eigenvalue weighted by molar-refractivity contribution is 6.31. The first-order valence-electron chi connectivity index (χ1n) is 4.77. The number of hydrogen-bond donors (Lipinski definition) is 1. The maximum Gasteiger partial charge on any atom is 0.374 e. The van der Waals surface area contributed by atoms with Crippen LogP contribution in [0.5, 0.6) is 5.75 Å². The lowest BCUT2D eigenvalue weighted by Gasteiger charge is -2.07. The molecular formula is C11H7ClFNO4. The summed E-state index contributed by atoms with van der Waals surface area (Å²) in [5.41, 5.74) is 0.412. The second-order valence-electron chi connectivity index (χ2n) is 3.32. The fourth-order valence-corrected chi connectivity index (χ4v) is 1.59. The normalized spacial score (nSPS) is 10.4. The maximum atomic E-state index is 13.7. The molecule has 0 spiro atoms. The van der Waals surface area contributed by atoms with E-state index in [1.165, 1.54) is 25.3 Å². The van der Waals surface area contributed by atoms with Gasteiger partial charge >= 0.3 is 5.97 Å². The molecule has 0 atom stereocenters. The van der Waals surface area contributed by atoms with E-state index in [0.29, 0.717) is 0 Å². The fourth-order valence-electron chi connectivity index (χ4n) is 1.44. The quantitative estimate of drug-likeness (QED) is 0.929. The first-order chi connectivity index (χ1) is 8.54. The number of methoxy groups -OCH3 is 1. The Balaban J connectivity index is 2.56. The molecule has 0 amide bonds. The van der Waals surface area contributed by atoms with Gasteiger partial charge < -0.3 is 14.4 Å². The topological polar surface area (TPSA) is 72.6 Å². The number of aromatic nitrogens is 1. The molecule has 0 saturated heterocycles. The van der Waals surface area contributed by atoms with Crippen molar-refractivity contribution in [2.24, 2.45) is 0 Å². The monoisotopic (exact) mass is 271 g/mol. The highest BCUT2D eigenvalue weighted by atomic mass is 35.5. The molecule has 0 saturated carbocycles. The number of nitrogens with zero attached hydrogens (tertiary/aromatic N) is 1. The van der Waals surface area contributed by atoms with E-state index in [9.17, 15) is 9.18 Å². The van der Waals surface area contributed by atoms with Gasteiger partial charge in [0.15, 0.2) is 11.6 Å². The van der Waals surface area contributed by atoms with Crippen molar-refractivity contribution in [3.63, 3.8) is 0 Å². The van der Waals surface area contributed by atoms with Crippen molar-refractivity contribution in [1.82, 2.24) is 5.16 Å². The smallest absolute Gasteiger partial charge is 0.374 e. The highest BCUT2D eigenvalue weighted by Gasteiger charge is 2.19. The Hall–Kier alpha value is -2.08. The predicted octanol–water partition coefficient (Wildman–Crippen LogP) is 2.84. The van der Waals surface area contributed by atoms with E-state index < -0.39 is 11.8 Å². The van der Waals surface area contributed by atoms with Crippen LogP contribution in [0.4, 0.5) is 4.39 Å². The Morgan fingerprint density at radius 2 is 2.28 bits per heavy atom. The summed E-state index contributed by atoms with van der Waals surface area (Å²) in [6.45, 7) is 0. The van der Waals surface area contributed by atoms with Crippen LogP contribution < -0.4 is 4.74 Å². The summed E-state index contributed by atoms with van der Waals surface area (Å²) in [5, 5.41) is 12.2. The van der Waals surface area contributed by atoms with E-state index in [0.717, 1.165) is 0 Å². The van der Waals surface area contributed by atoms with E-state index >= 15 is 0 Å². The molecule has 1 aromatic carbocycles. The first kappa shape index (κ1) is 12.4. The van der Waals surface area contributed by atoms with Gasteiger partial charge in [0.05, 0.1) is 12.1 Å². The summed E-state index contributed by atoms with van der Waals surface area (Å²) in [7, 11) is 1.27. The summed E-state index contributed by atoms with van der Waals surface area (Å²) in [6, 6.07) is 3.96. The summed E-state index contributed by atoms with van der Waals surface area (Å²) in [6.07, 6.45) is 0. The highest BCUT2D eigenvalue weighted by Crippen LogP contribution is 2.35. The fraction of sp³-hybridized carbons (Fsp3) is 0.0909. The van der Waals surface area contributed by atoms with Crippen LogP contribution in [0, 0.1) is 5.82 Å². The third-order valence-electron chi connectivity index (χ3n) is 2.25. The lowest BCUT2D eigenvalue weighted by molar-refractivity contribution is 0.0652. The second kappa shape index (κ2) is 4.66. The second-order valence-corrected chi connectivity index (χ2v) is 3.73. The van der Waals surface area contributed by atoms with Crippen molar-refractivity contribution in [2.45, 2.75) is 0 Å². The summed E-state index contributed by atoms with van der Waals surface area (Å²) >= 11 is 5.61. The Bertz CT molecular complexity index is 611. The van der Waals surface area contributed by atoms with Crippen LogP contribution in [0.3, 0.4) is 0 Å². The van der Waals surface area contributed by atoms with E-state index in [4.69, 9.17) is 21.4 Å². The van der Waals surface area contributed by atoms with Gasteiger partial charge in [0.1, 0.15) is 5.69 Å². The number of carbonyl (C=O) groups is 1. The number of ether oxygens (including phenoxy) is 1. The zero-order valence-corrected chi connectivity index (χ0v) is 9.86. The van der Waals surface area contributed by atoms with E-state index in [-0.39, 0.29) is 27.8 Å². The number of aromatic carboxylic acids is 1. The Labute approximate surface area is 106 Å². The number of carboxylic acid groups (broad SMARTS) is 1. The van der Waals surface area contributed by atoms with Gasteiger partial charge in [0.2, 0.25) is 5.76 Å². The third-order valence-corrected chi connectivity index (χ3v) is 2.54. The van der Waals surface area contributed by atoms with Gasteiger partial charge in [0.25, 0.3) is 0 Å². The molecule has 1 N–H and O–H groups in total. The number of halogens is 2. The molecule has 18 heavy (non-hydrogen) atoms. The minimum Gasteiger partial charge on any atom is -0.493 e. The minimum absolute atomic E-state index is 0.0995. The lowest BCUT2D eigenvalue weighted by Crippen LogP contribution is -1.93. The van der Waals surface area contributed by atoms with Crippen LogP contribution in [0.15, 0.2) is 22.7 Å². The summed E-state index contributed by atoms with van der Waals surface area (Å²) in [5.74, 6) is -2.46. The molecule has 2 rings (SSSR count). The first-order valence-corrected chi connectivity index (χ1v) is 5.14. The van der Waals surface area contributed by atoms with Gasteiger partial charge in [-0.2, -0.15) is 0 Å². The molecular weight excluding hydrogens is 265 g/mol. The van der Waals surface area contributed by atoms with Crippen molar-refractivity contribution in [2.75, 3.05) is 7.11 Å². The molecule has 0 aliphatic carbocycles.